The quantitative estimate of drug-likeness (QED) is 0.813. The lowest BCUT2D eigenvalue weighted by atomic mass is 9.90. The number of hydrogen-bond acceptors (Lipinski definition) is 3. The normalized spacial score (nSPS) is 15.3. The second-order valence-electron chi connectivity index (χ2n) is 5.44. The van der Waals surface area contributed by atoms with Gasteiger partial charge in [0.25, 0.3) is 0 Å². The van der Waals surface area contributed by atoms with Crippen molar-refractivity contribution in [2.24, 2.45) is 0 Å². The largest absolute Gasteiger partial charge is 0.317 e. The Labute approximate surface area is 123 Å². The second-order valence-corrected chi connectivity index (χ2v) is 7.15. The maximum Gasteiger partial charge on any atom is 0.240 e. The molecule has 2 N–H and O–H groups in total. The standard InChI is InChI=1S/C15H26N2O2S/c1-6-15(12(4)16-5)13-7-9-14(10-8-13)20(18,19)17-11(2)3/h7-12,15-17H,6H2,1-5H3. The van der Waals surface area contributed by atoms with Gasteiger partial charge in [-0.15, -0.1) is 0 Å². The van der Waals surface area contributed by atoms with Gasteiger partial charge in [0, 0.05) is 12.1 Å². The van der Waals surface area contributed by atoms with Gasteiger partial charge < -0.3 is 5.32 Å². The highest BCUT2D eigenvalue weighted by Crippen LogP contribution is 2.24. The van der Waals surface area contributed by atoms with Gasteiger partial charge in [-0.2, -0.15) is 0 Å². The summed E-state index contributed by atoms with van der Waals surface area (Å²) in [6.45, 7) is 7.91. The van der Waals surface area contributed by atoms with Crippen molar-refractivity contribution in [2.45, 2.75) is 57.0 Å². The summed E-state index contributed by atoms with van der Waals surface area (Å²) in [6.07, 6.45) is 1.01. The fourth-order valence-electron chi connectivity index (χ4n) is 2.35. The summed E-state index contributed by atoms with van der Waals surface area (Å²) in [5, 5.41) is 3.25. The minimum absolute atomic E-state index is 0.104. The summed E-state index contributed by atoms with van der Waals surface area (Å²) in [4.78, 5) is 0.321. The van der Waals surface area contributed by atoms with E-state index >= 15 is 0 Å². The first-order chi connectivity index (χ1) is 9.31. The van der Waals surface area contributed by atoms with Crippen molar-refractivity contribution in [1.29, 1.82) is 0 Å². The Morgan fingerprint density at radius 2 is 1.65 bits per heavy atom. The summed E-state index contributed by atoms with van der Waals surface area (Å²) in [5.41, 5.74) is 1.16. The fraction of sp³-hybridized carbons (Fsp3) is 0.600. The number of likely N-dealkylation sites (N-methyl/N-ethyl adjacent to an activating group) is 1. The molecule has 0 aliphatic heterocycles. The molecular formula is C15H26N2O2S. The number of sulfonamides is 1. The Balaban J connectivity index is 2.99. The Bertz CT molecular complexity index is 509. The maximum absolute atomic E-state index is 12.1. The van der Waals surface area contributed by atoms with Gasteiger partial charge in [0.05, 0.1) is 4.90 Å². The molecular weight excluding hydrogens is 272 g/mol. The zero-order valence-electron chi connectivity index (χ0n) is 13.0. The van der Waals surface area contributed by atoms with Crippen molar-refractivity contribution in [2.75, 3.05) is 7.05 Å². The Kier molecular flexibility index (Phi) is 6.17. The molecule has 2 atom stereocenters. The third-order valence-electron chi connectivity index (χ3n) is 3.51. The van der Waals surface area contributed by atoms with Crippen LogP contribution in [0.5, 0.6) is 0 Å². The predicted octanol–water partition coefficient (Wildman–Crippen LogP) is 2.47. The second kappa shape index (κ2) is 7.20. The van der Waals surface area contributed by atoms with Crippen LogP contribution in [0.3, 0.4) is 0 Å². The third kappa shape index (κ3) is 4.30. The van der Waals surface area contributed by atoms with Crippen LogP contribution in [0.15, 0.2) is 29.2 Å². The number of benzene rings is 1. The van der Waals surface area contributed by atoms with Crippen LogP contribution in [-0.2, 0) is 10.0 Å². The lowest BCUT2D eigenvalue weighted by Crippen LogP contribution is -2.30. The van der Waals surface area contributed by atoms with Gasteiger partial charge >= 0.3 is 0 Å². The minimum Gasteiger partial charge on any atom is -0.317 e. The number of nitrogens with one attached hydrogen (secondary N) is 2. The van der Waals surface area contributed by atoms with E-state index in [0.29, 0.717) is 16.9 Å². The molecule has 1 aromatic carbocycles. The molecule has 0 heterocycles. The highest BCUT2D eigenvalue weighted by Gasteiger charge is 2.18. The molecule has 1 rings (SSSR count). The first kappa shape index (κ1) is 17.1. The molecule has 0 amide bonds. The van der Waals surface area contributed by atoms with Crippen LogP contribution in [0, 0.1) is 0 Å². The summed E-state index contributed by atoms with van der Waals surface area (Å²) in [5.74, 6) is 0.384. The van der Waals surface area contributed by atoms with Gasteiger partial charge in [0.2, 0.25) is 10.0 Å². The monoisotopic (exact) mass is 298 g/mol. The first-order valence-corrected chi connectivity index (χ1v) is 8.59. The molecule has 0 aromatic heterocycles. The first-order valence-electron chi connectivity index (χ1n) is 7.11. The molecule has 114 valence electrons. The van der Waals surface area contributed by atoms with E-state index in [1.165, 1.54) is 0 Å². The van der Waals surface area contributed by atoms with Crippen molar-refractivity contribution < 1.29 is 8.42 Å². The molecule has 1 aromatic rings. The van der Waals surface area contributed by atoms with E-state index in [2.05, 4.69) is 23.9 Å². The van der Waals surface area contributed by atoms with Crippen LogP contribution in [0.4, 0.5) is 0 Å². The molecule has 0 spiro atoms. The van der Waals surface area contributed by atoms with Crippen molar-refractivity contribution in [3.63, 3.8) is 0 Å². The van der Waals surface area contributed by atoms with Crippen LogP contribution in [0.25, 0.3) is 0 Å². The summed E-state index contributed by atoms with van der Waals surface area (Å²) >= 11 is 0. The Morgan fingerprint density at radius 1 is 1.10 bits per heavy atom. The average Bonchev–Trinajstić information content (AvgIpc) is 2.38. The smallest absolute Gasteiger partial charge is 0.240 e. The average molecular weight is 298 g/mol. The van der Waals surface area contributed by atoms with Crippen molar-refractivity contribution >= 4 is 10.0 Å². The third-order valence-corrected chi connectivity index (χ3v) is 5.18. The Morgan fingerprint density at radius 3 is 2.05 bits per heavy atom. The molecule has 0 bridgehead atoms. The number of hydrogen-bond donors (Lipinski definition) is 2. The van der Waals surface area contributed by atoms with Crippen molar-refractivity contribution in [1.82, 2.24) is 10.0 Å². The van der Waals surface area contributed by atoms with Gasteiger partial charge in [-0.25, -0.2) is 13.1 Å². The maximum atomic E-state index is 12.1. The molecule has 0 saturated carbocycles. The SMILES string of the molecule is CCC(c1ccc(S(=O)(=O)NC(C)C)cc1)C(C)NC. The van der Waals surface area contributed by atoms with Gasteiger partial charge in [0.15, 0.2) is 0 Å². The van der Waals surface area contributed by atoms with E-state index < -0.39 is 10.0 Å². The van der Waals surface area contributed by atoms with E-state index in [-0.39, 0.29) is 6.04 Å². The highest BCUT2D eigenvalue weighted by molar-refractivity contribution is 7.89. The van der Waals surface area contributed by atoms with Crippen molar-refractivity contribution in [3.8, 4) is 0 Å². The molecule has 2 unspecified atom stereocenters. The molecule has 5 heteroatoms. The van der Waals surface area contributed by atoms with Gasteiger partial charge in [-0.05, 0) is 57.9 Å². The Hall–Kier alpha value is -0.910. The molecule has 0 fully saturated rings. The lowest BCUT2D eigenvalue weighted by Gasteiger charge is -2.23. The van der Waals surface area contributed by atoms with E-state index in [9.17, 15) is 8.42 Å². The molecule has 4 nitrogen and oxygen atoms in total. The van der Waals surface area contributed by atoms with Crippen LogP contribution < -0.4 is 10.0 Å². The molecule has 0 aliphatic carbocycles. The lowest BCUT2D eigenvalue weighted by molar-refractivity contribution is 0.483. The number of rotatable bonds is 7. The van der Waals surface area contributed by atoms with Crippen LogP contribution in [0.1, 0.15) is 45.6 Å². The van der Waals surface area contributed by atoms with Crippen molar-refractivity contribution in [3.05, 3.63) is 29.8 Å². The van der Waals surface area contributed by atoms with E-state index in [0.717, 1.165) is 12.0 Å². The molecule has 0 saturated heterocycles. The minimum atomic E-state index is -3.40. The van der Waals surface area contributed by atoms with E-state index in [1.54, 1.807) is 12.1 Å². The molecule has 0 radical (unpaired) electrons. The summed E-state index contributed by atoms with van der Waals surface area (Å²) in [7, 11) is -1.46. The summed E-state index contributed by atoms with van der Waals surface area (Å²) in [6, 6.07) is 7.45. The van der Waals surface area contributed by atoms with Crippen LogP contribution in [0.2, 0.25) is 0 Å². The molecule has 0 aliphatic rings. The van der Waals surface area contributed by atoms with Crippen LogP contribution >= 0.6 is 0 Å². The summed E-state index contributed by atoms with van der Waals surface area (Å²) < 4.78 is 26.7. The van der Waals surface area contributed by atoms with Gasteiger partial charge in [0.1, 0.15) is 0 Å². The van der Waals surface area contributed by atoms with Gasteiger partial charge in [-0.3, -0.25) is 0 Å². The van der Waals surface area contributed by atoms with Gasteiger partial charge in [-0.1, -0.05) is 19.1 Å². The molecule has 20 heavy (non-hydrogen) atoms. The zero-order chi connectivity index (χ0) is 15.3. The predicted molar refractivity (Wildman–Crippen MR) is 83.5 cm³/mol. The van der Waals surface area contributed by atoms with E-state index in [1.807, 2.05) is 33.0 Å². The fourth-order valence-corrected chi connectivity index (χ4v) is 3.60. The van der Waals surface area contributed by atoms with E-state index in [4.69, 9.17) is 0 Å². The topological polar surface area (TPSA) is 58.2 Å². The van der Waals surface area contributed by atoms with Crippen LogP contribution in [-0.4, -0.2) is 27.5 Å². The zero-order valence-corrected chi connectivity index (χ0v) is 13.8. The highest BCUT2D eigenvalue weighted by atomic mass is 32.2.